The van der Waals surface area contributed by atoms with E-state index in [-0.39, 0.29) is 5.78 Å². The molecule has 3 nitrogen and oxygen atoms in total. The van der Waals surface area contributed by atoms with Crippen molar-refractivity contribution >= 4 is 28.9 Å². The van der Waals surface area contributed by atoms with Gasteiger partial charge in [0.05, 0.1) is 0 Å². The number of Topliss-reactive ketones (excluding diaryl/α,β-unsaturated/α-hetero) is 1. The highest BCUT2D eigenvalue weighted by molar-refractivity contribution is 7.99. The van der Waals surface area contributed by atoms with Gasteiger partial charge in [-0.05, 0) is 44.2 Å². The molecule has 2 unspecified atom stereocenters. The van der Waals surface area contributed by atoms with Crippen molar-refractivity contribution in [2.24, 2.45) is 0 Å². The van der Waals surface area contributed by atoms with E-state index in [4.69, 9.17) is 5.73 Å². The molecule has 4 heteroatoms. The van der Waals surface area contributed by atoms with E-state index in [0.717, 1.165) is 5.69 Å². The van der Waals surface area contributed by atoms with Crippen LogP contribution in [-0.4, -0.2) is 23.3 Å². The zero-order chi connectivity index (χ0) is 13.1. The maximum Gasteiger partial charge on any atom is 0.161 e. The summed E-state index contributed by atoms with van der Waals surface area (Å²) in [5.41, 5.74) is 7.97. The maximum absolute atomic E-state index is 11.5. The van der Waals surface area contributed by atoms with Crippen LogP contribution in [-0.2, 0) is 0 Å². The van der Waals surface area contributed by atoms with Crippen LogP contribution >= 0.6 is 11.8 Å². The Morgan fingerprint density at radius 2 is 2.22 bits per heavy atom. The number of anilines is 2. The van der Waals surface area contributed by atoms with Gasteiger partial charge in [-0.2, -0.15) is 11.8 Å². The average molecular weight is 264 g/mol. The monoisotopic (exact) mass is 264 g/mol. The van der Waals surface area contributed by atoms with Gasteiger partial charge in [-0.1, -0.05) is 6.42 Å². The van der Waals surface area contributed by atoms with E-state index in [1.807, 2.05) is 30.0 Å². The molecule has 3 N–H and O–H groups in total. The first kappa shape index (κ1) is 13.3. The molecule has 2 atom stereocenters. The Labute approximate surface area is 113 Å². The van der Waals surface area contributed by atoms with Crippen molar-refractivity contribution in [3.63, 3.8) is 0 Å². The first-order chi connectivity index (χ1) is 8.61. The van der Waals surface area contributed by atoms with E-state index in [9.17, 15) is 4.79 Å². The van der Waals surface area contributed by atoms with E-state index in [2.05, 4.69) is 11.6 Å². The maximum atomic E-state index is 11.5. The molecular formula is C14H20N2OS. The smallest absolute Gasteiger partial charge is 0.161 e. The summed E-state index contributed by atoms with van der Waals surface area (Å²) in [7, 11) is 0. The van der Waals surface area contributed by atoms with Crippen LogP contribution in [0.15, 0.2) is 18.2 Å². The van der Waals surface area contributed by atoms with Gasteiger partial charge in [0.25, 0.3) is 0 Å². The summed E-state index contributed by atoms with van der Waals surface area (Å²) in [6.07, 6.45) is 5.91. The summed E-state index contributed by atoms with van der Waals surface area (Å²) in [5.74, 6) is 0.0176. The summed E-state index contributed by atoms with van der Waals surface area (Å²) in [5, 5.41) is 4.21. The largest absolute Gasteiger partial charge is 0.398 e. The molecule has 1 aliphatic rings. The van der Waals surface area contributed by atoms with Gasteiger partial charge in [-0.15, -0.1) is 0 Å². The minimum atomic E-state index is 0.0176. The summed E-state index contributed by atoms with van der Waals surface area (Å²) in [6, 6.07) is 6.14. The number of carbonyl (C=O) groups excluding carboxylic acids is 1. The lowest BCUT2D eigenvalue weighted by Gasteiger charge is -2.21. The second-order valence-corrected chi connectivity index (χ2v) is 5.89. The number of hydrogen-bond acceptors (Lipinski definition) is 4. The van der Waals surface area contributed by atoms with Crippen molar-refractivity contribution in [1.29, 1.82) is 0 Å². The van der Waals surface area contributed by atoms with Gasteiger partial charge in [0.1, 0.15) is 0 Å². The molecular weight excluding hydrogens is 244 g/mol. The third-order valence-electron chi connectivity index (χ3n) is 3.54. The number of ketones is 1. The van der Waals surface area contributed by atoms with Crippen LogP contribution < -0.4 is 11.1 Å². The molecule has 1 saturated carbocycles. The van der Waals surface area contributed by atoms with E-state index < -0.39 is 0 Å². The predicted octanol–water partition coefficient (Wildman–Crippen LogP) is 3.17. The van der Waals surface area contributed by atoms with Crippen LogP contribution in [0, 0.1) is 0 Å². The topological polar surface area (TPSA) is 55.1 Å². The summed E-state index contributed by atoms with van der Waals surface area (Å²) < 4.78 is 0. The Morgan fingerprint density at radius 3 is 2.89 bits per heavy atom. The first-order valence-corrected chi connectivity index (χ1v) is 7.60. The Bertz CT molecular complexity index is 447. The third kappa shape index (κ3) is 2.80. The zero-order valence-corrected chi connectivity index (χ0v) is 11.7. The van der Waals surface area contributed by atoms with Gasteiger partial charge >= 0.3 is 0 Å². The standard InChI is InChI=1S/C14H20N2OS/c1-9(17)11-8-10(6-7-12(11)15)16-13-4-3-5-14(13)18-2/h6-8,13-14,16H,3-5,15H2,1-2H3. The van der Waals surface area contributed by atoms with Gasteiger partial charge in [0, 0.05) is 28.2 Å². The lowest BCUT2D eigenvalue weighted by atomic mass is 10.1. The number of nitrogens with one attached hydrogen (secondary N) is 1. The molecule has 0 amide bonds. The Morgan fingerprint density at radius 1 is 1.44 bits per heavy atom. The van der Waals surface area contributed by atoms with Crippen LogP contribution in [0.3, 0.4) is 0 Å². The van der Waals surface area contributed by atoms with Crippen molar-refractivity contribution in [3.05, 3.63) is 23.8 Å². The van der Waals surface area contributed by atoms with Crippen LogP contribution in [0.25, 0.3) is 0 Å². The highest BCUT2D eigenvalue weighted by Crippen LogP contribution is 2.31. The number of nitrogen functional groups attached to an aromatic ring is 1. The fourth-order valence-corrected chi connectivity index (χ4v) is 3.47. The van der Waals surface area contributed by atoms with Gasteiger partial charge in [-0.3, -0.25) is 4.79 Å². The molecule has 0 bridgehead atoms. The molecule has 0 heterocycles. The number of rotatable bonds is 4. The molecule has 0 saturated heterocycles. The van der Waals surface area contributed by atoms with Gasteiger partial charge in [0.15, 0.2) is 5.78 Å². The molecule has 18 heavy (non-hydrogen) atoms. The van der Waals surface area contributed by atoms with Crippen molar-refractivity contribution in [2.75, 3.05) is 17.3 Å². The van der Waals surface area contributed by atoms with Crippen molar-refractivity contribution < 1.29 is 4.79 Å². The van der Waals surface area contributed by atoms with Crippen LogP contribution in [0.2, 0.25) is 0 Å². The van der Waals surface area contributed by atoms with Crippen molar-refractivity contribution in [2.45, 2.75) is 37.5 Å². The molecule has 0 spiro atoms. The Hall–Kier alpha value is -1.16. The second kappa shape index (κ2) is 5.65. The quantitative estimate of drug-likeness (QED) is 0.648. The van der Waals surface area contributed by atoms with E-state index >= 15 is 0 Å². The van der Waals surface area contributed by atoms with E-state index in [1.165, 1.54) is 19.3 Å². The van der Waals surface area contributed by atoms with Crippen molar-refractivity contribution in [1.82, 2.24) is 0 Å². The molecule has 2 rings (SSSR count). The molecule has 0 aliphatic heterocycles. The lowest BCUT2D eigenvalue weighted by molar-refractivity contribution is 0.101. The minimum absolute atomic E-state index is 0.0176. The Balaban J connectivity index is 2.14. The van der Waals surface area contributed by atoms with Gasteiger partial charge < -0.3 is 11.1 Å². The highest BCUT2D eigenvalue weighted by Gasteiger charge is 2.26. The molecule has 0 radical (unpaired) electrons. The molecule has 98 valence electrons. The molecule has 1 aromatic rings. The number of thioether (sulfide) groups is 1. The van der Waals surface area contributed by atoms with Gasteiger partial charge in [-0.25, -0.2) is 0 Å². The van der Waals surface area contributed by atoms with Gasteiger partial charge in [0.2, 0.25) is 0 Å². The molecule has 0 aromatic heterocycles. The number of nitrogens with two attached hydrogens (primary N) is 1. The number of benzene rings is 1. The average Bonchev–Trinajstić information content (AvgIpc) is 2.78. The predicted molar refractivity (Wildman–Crippen MR) is 79.4 cm³/mol. The van der Waals surface area contributed by atoms with Crippen molar-refractivity contribution in [3.8, 4) is 0 Å². The normalized spacial score (nSPS) is 23.0. The van der Waals surface area contributed by atoms with Crippen LogP contribution in [0.1, 0.15) is 36.5 Å². The summed E-state index contributed by atoms with van der Waals surface area (Å²) in [6.45, 7) is 1.55. The molecule has 1 aliphatic carbocycles. The summed E-state index contributed by atoms with van der Waals surface area (Å²) >= 11 is 1.92. The van der Waals surface area contributed by atoms with Crippen LogP contribution in [0.5, 0.6) is 0 Å². The molecule has 1 fully saturated rings. The first-order valence-electron chi connectivity index (χ1n) is 6.31. The number of carbonyl (C=O) groups is 1. The fourth-order valence-electron chi connectivity index (χ4n) is 2.54. The number of hydrogen-bond donors (Lipinski definition) is 2. The fraction of sp³-hybridized carbons (Fsp3) is 0.500. The summed E-state index contributed by atoms with van der Waals surface area (Å²) in [4.78, 5) is 11.5. The minimum Gasteiger partial charge on any atom is -0.398 e. The second-order valence-electron chi connectivity index (χ2n) is 4.81. The zero-order valence-electron chi connectivity index (χ0n) is 10.9. The highest BCUT2D eigenvalue weighted by atomic mass is 32.2. The van der Waals surface area contributed by atoms with E-state index in [1.54, 1.807) is 6.92 Å². The Kier molecular flexibility index (Phi) is 4.17. The SMILES string of the molecule is CSC1CCCC1Nc1ccc(N)c(C(C)=O)c1. The molecule has 1 aromatic carbocycles. The lowest BCUT2D eigenvalue weighted by Crippen LogP contribution is -2.25. The van der Waals surface area contributed by atoms with Crippen LogP contribution in [0.4, 0.5) is 11.4 Å². The van der Waals surface area contributed by atoms with E-state index in [0.29, 0.717) is 22.5 Å². The third-order valence-corrected chi connectivity index (χ3v) is 4.71.